The Morgan fingerprint density at radius 1 is 1.33 bits per heavy atom. The molecular formula is C12H16O5S. The van der Waals surface area contributed by atoms with Crippen LogP contribution in [0.1, 0.15) is 13.8 Å². The van der Waals surface area contributed by atoms with E-state index in [1.54, 1.807) is 26.0 Å². The van der Waals surface area contributed by atoms with Crippen molar-refractivity contribution in [2.45, 2.75) is 24.8 Å². The molecule has 0 amide bonds. The maximum absolute atomic E-state index is 11.9. The number of hydrogen-bond acceptors (Lipinski definition) is 5. The van der Waals surface area contributed by atoms with E-state index in [2.05, 4.69) is 0 Å². The first kappa shape index (κ1) is 14.5. The average Bonchev–Trinajstić information content (AvgIpc) is 2.27. The smallest absolute Gasteiger partial charge is 0.321 e. The van der Waals surface area contributed by atoms with Gasteiger partial charge < -0.3 is 9.47 Å². The minimum Gasteiger partial charge on any atom is -0.497 e. The van der Waals surface area contributed by atoms with Crippen LogP contribution in [-0.2, 0) is 19.4 Å². The molecule has 0 aromatic heterocycles. The Hall–Kier alpha value is -1.56. The Morgan fingerprint density at radius 2 is 2.00 bits per heavy atom. The summed E-state index contributed by atoms with van der Waals surface area (Å²) in [5, 5.41) is 0. The van der Waals surface area contributed by atoms with Gasteiger partial charge in [0.1, 0.15) is 5.75 Å². The van der Waals surface area contributed by atoms with Crippen molar-refractivity contribution in [3.05, 3.63) is 24.3 Å². The van der Waals surface area contributed by atoms with E-state index in [4.69, 9.17) is 9.47 Å². The number of rotatable bonds is 5. The van der Waals surface area contributed by atoms with Crippen LogP contribution in [0, 0.1) is 0 Å². The molecule has 0 saturated heterocycles. The molecule has 0 bridgehead atoms. The minimum atomic E-state index is -3.69. The predicted molar refractivity (Wildman–Crippen MR) is 66.3 cm³/mol. The van der Waals surface area contributed by atoms with Crippen LogP contribution < -0.4 is 4.74 Å². The van der Waals surface area contributed by atoms with Gasteiger partial charge in [-0.15, -0.1) is 0 Å². The van der Waals surface area contributed by atoms with Gasteiger partial charge in [-0.2, -0.15) is 0 Å². The summed E-state index contributed by atoms with van der Waals surface area (Å²) in [6, 6.07) is 5.98. The fourth-order valence-electron chi connectivity index (χ4n) is 1.33. The molecule has 100 valence electrons. The monoisotopic (exact) mass is 272 g/mol. The highest BCUT2D eigenvalue weighted by molar-refractivity contribution is 7.92. The van der Waals surface area contributed by atoms with Crippen LogP contribution in [0.25, 0.3) is 0 Å². The van der Waals surface area contributed by atoms with Gasteiger partial charge in [0.25, 0.3) is 0 Å². The summed E-state index contributed by atoms with van der Waals surface area (Å²) >= 11 is 0. The third-order valence-electron chi connectivity index (χ3n) is 2.08. The predicted octanol–water partition coefficient (Wildman–Crippen LogP) is 1.42. The Morgan fingerprint density at radius 3 is 2.56 bits per heavy atom. The fourth-order valence-corrected chi connectivity index (χ4v) is 2.46. The summed E-state index contributed by atoms with van der Waals surface area (Å²) in [5.41, 5.74) is 0. The van der Waals surface area contributed by atoms with Crippen molar-refractivity contribution < 1.29 is 22.7 Å². The van der Waals surface area contributed by atoms with Crippen LogP contribution in [0.3, 0.4) is 0 Å². The molecule has 1 rings (SSSR count). The quantitative estimate of drug-likeness (QED) is 0.758. The molecule has 18 heavy (non-hydrogen) atoms. The highest BCUT2D eigenvalue weighted by atomic mass is 32.2. The van der Waals surface area contributed by atoms with Crippen molar-refractivity contribution in [3.63, 3.8) is 0 Å². The van der Waals surface area contributed by atoms with E-state index in [0.717, 1.165) is 0 Å². The SMILES string of the molecule is COc1cccc(S(=O)(=O)CC(=O)OC(C)C)c1. The summed E-state index contributed by atoms with van der Waals surface area (Å²) in [6.07, 6.45) is -0.335. The van der Waals surface area contributed by atoms with Crippen LogP contribution in [0.15, 0.2) is 29.2 Å². The molecule has 0 radical (unpaired) electrons. The van der Waals surface area contributed by atoms with E-state index >= 15 is 0 Å². The minimum absolute atomic E-state index is 0.0440. The first-order valence-corrected chi connectivity index (χ1v) is 7.06. The van der Waals surface area contributed by atoms with Gasteiger partial charge >= 0.3 is 5.97 Å². The number of benzene rings is 1. The third kappa shape index (κ3) is 4.03. The molecule has 0 heterocycles. The van der Waals surface area contributed by atoms with Crippen LogP contribution in [0.5, 0.6) is 5.75 Å². The lowest BCUT2D eigenvalue weighted by atomic mass is 10.3. The maximum atomic E-state index is 11.9. The summed E-state index contributed by atoms with van der Waals surface area (Å²) in [4.78, 5) is 11.4. The molecule has 0 aliphatic carbocycles. The molecule has 5 nitrogen and oxygen atoms in total. The zero-order chi connectivity index (χ0) is 13.8. The lowest BCUT2D eigenvalue weighted by Crippen LogP contribution is -2.21. The van der Waals surface area contributed by atoms with E-state index in [9.17, 15) is 13.2 Å². The number of ether oxygens (including phenoxy) is 2. The number of carbonyl (C=O) groups excluding carboxylic acids is 1. The molecule has 0 N–H and O–H groups in total. The largest absolute Gasteiger partial charge is 0.497 e. The first-order chi connectivity index (χ1) is 8.35. The molecule has 0 atom stereocenters. The fraction of sp³-hybridized carbons (Fsp3) is 0.417. The van der Waals surface area contributed by atoms with Crippen LogP contribution in [-0.4, -0.2) is 33.4 Å². The standard InChI is InChI=1S/C12H16O5S/c1-9(2)17-12(13)8-18(14,15)11-6-4-5-10(7-11)16-3/h4-7,9H,8H2,1-3H3. The molecule has 1 aromatic rings. The molecule has 6 heteroatoms. The van der Waals surface area contributed by atoms with Gasteiger partial charge in [0.2, 0.25) is 0 Å². The molecule has 0 spiro atoms. The summed E-state index contributed by atoms with van der Waals surface area (Å²) in [6.45, 7) is 3.33. The van der Waals surface area contributed by atoms with Gasteiger partial charge in [0.05, 0.1) is 18.1 Å². The van der Waals surface area contributed by atoms with Crippen molar-refractivity contribution in [3.8, 4) is 5.75 Å². The highest BCUT2D eigenvalue weighted by Gasteiger charge is 2.21. The number of esters is 1. The van der Waals surface area contributed by atoms with Crippen molar-refractivity contribution in [1.29, 1.82) is 0 Å². The van der Waals surface area contributed by atoms with Crippen LogP contribution >= 0.6 is 0 Å². The Labute approximate surface area is 107 Å². The second-order valence-electron chi connectivity index (χ2n) is 3.98. The third-order valence-corrected chi connectivity index (χ3v) is 3.66. The van der Waals surface area contributed by atoms with E-state index in [0.29, 0.717) is 5.75 Å². The van der Waals surface area contributed by atoms with E-state index in [-0.39, 0.29) is 11.0 Å². The number of sulfone groups is 1. The zero-order valence-corrected chi connectivity index (χ0v) is 11.4. The van der Waals surface area contributed by atoms with Crippen LogP contribution in [0.2, 0.25) is 0 Å². The molecule has 0 aliphatic rings. The molecule has 0 fully saturated rings. The van der Waals surface area contributed by atoms with Gasteiger partial charge in [-0.3, -0.25) is 4.79 Å². The lowest BCUT2D eigenvalue weighted by molar-refractivity contribution is -0.144. The lowest BCUT2D eigenvalue weighted by Gasteiger charge is -2.09. The zero-order valence-electron chi connectivity index (χ0n) is 10.5. The van der Waals surface area contributed by atoms with Crippen molar-refractivity contribution in [1.82, 2.24) is 0 Å². The van der Waals surface area contributed by atoms with Gasteiger partial charge in [-0.1, -0.05) is 6.07 Å². The summed E-state index contributed by atoms with van der Waals surface area (Å²) in [5.74, 6) is -1.00. The van der Waals surface area contributed by atoms with Gasteiger partial charge in [-0.05, 0) is 32.0 Å². The topological polar surface area (TPSA) is 69.7 Å². The second-order valence-corrected chi connectivity index (χ2v) is 5.97. The van der Waals surface area contributed by atoms with E-state index in [1.807, 2.05) is 0 Å². The normalized spacial score (nSPS) is 11.3. The van der Waals surface area contributed by atoms with Crippen molar-refractivity contribution in [2.75, 3.05) is 12.9 Å². The molecular weight excluding hydrogens is 256 g/mol. The number of carbonyl (C=O) groups is 1. The van der Waals surface area contributed by atoms with Crippen molar-refractivity contribution >= 4 is 15.8 Å². The Balaban J connectivity index is 2.89. The summed E-state index contributed by atoms with van der Waals surface area (Å²) in [7, 11) is -2.25. The Bertz CT molecular complexity index is 519. The number of hydrogen-bond donors (Lipinski definition) is 0. The van der Waals surface area contributed by atoms with Crippen LogP contribution in [0.4, 0.5) is 0 Å². The molecule has 0 saturated carbocycles. The number of methoxy groups -OCH3 is 1. The maximum Gasteiger partial charge on any atom is 0.321 e. The second kappa shape index (κ2) is 5.86. The van der Waals surface area contributed by atoms with Gasteiger partial charge in [-0.25, -0.2) is 8.42 Å². The first-order valence-electron chi connectivity index (χ1n) is 5.41. The summed E-state index contributed by atoms with van der Waals surface area (Å²) < 4.78 is 33.6. The van der Waals surface area contributed by atoms with E-state index < -0.39 is 21.6 Å². The highest BCUT2D eigenvalue weighted by Crippen LogP contribution is 2.18. The average molecular weight is 272 g/mol. The molecule has 0 aliphatic heterocycles. The van der Waals surface area contributed by atoms with Crippen molar-refractivity contribution in [2.24, 2.45) is 0 Å². The molecule has 1 aromatic carbocycles. The molecule has 0 unspecified atom stereocenters. The van der Waals surface area contributed by atoms with E-state index in [1.165, 1.54) is 19.2 Å². The van der Waals surface area contributed by atoms with Gasteiger partial charge in [0.15, 0.2) is 15.6 Å². The Kier molecular flexibility index (Phi) is 4.72. The van der Waals surface area contributed by atoms with Gasteiger partial charge in [0, 0.05) is 0 Å².